The summed E-state index contributed by atoms with van der Waals surface area (Å²) in [4.78, 5) is 16.7. The van der Waals surface area contributed by atoms with Gasteiger partial charge in [0, 0.05) is 12.2 Å². The summed E-state index contributed by atoms with van der Waals surface area (Å²) in [6.45, 7) is 5.05. The molecule has 0 aliphatic heterocycles. The molecule has 0 aliphatic carbocycles. The fourth-order valence-corrected chi connectivity index (χ4v) is 2.86. The molecule has 0 unspecified atom stereocenters. The third-order valence-electron chi connectivity index (χ3n) is 4.48. The molecule has 150 valence electrons. The normalized spacial score (nSPS) is 10.3. The first-order valence-corrected chi connectivity index (χ1v) is 9.41. The summed E-state index contributed by atoms with van der Waals surface area (Å²) in [7, 11) is 1.63. The van der Waals surface area contributed by atoms with Gasteiger partial charge in [-0.1, -0.05) is 18.2 Å². The number of nitrogens with one attached hydrogen (secondary N) is 2. The summed E-state index contributed by atoms with van der Waals surface area (Å²) in [5, 5.41) is 6.17. The van der Waals surface area contributed by atoms with E-state index in [1.807, 2.05) is 62.4 Å². The molecule has 1 amide bonds. The molecule has 6 heteroatoms. The van der Waals surface area contributed by atoms with Gasteiger partial charge in [0.15, 0.2) is 0 Å². The summed E-state index contributed by atoms with van der Waals surface area (Å²) < 4.78 is 10.8. The Labute approximate surface area is 170 Å². The SMILES string of the molecule is COc1ccc(OCCNc2ccc(C(=O)Nc3c(C)cccc3C)nc2)cc1. The molecule has 0 radical (unpaired) electrons. The van der Waals surface area contributed by atoms with E-state index < -0.39 is 0 Å². The predicted molar refractivity (Wildman–Crippen MR) is 115 cm³/mol. The number of methoxy groups -OCH3 is 1. The zero-order chi connectivity index (χ0) is 20.6. The number of hydrogen-bond acceptors (Lipinski definition) is 5. The number of anilines is 2. The third kappa shape index (κ3) is 5.48. The van der Waals surface area contributed by atoms with Crippen molar-refractivity contribution < 1.29 is 14.3 Å². The van der Waals surface area contributed by atoms with E-state index in [1.54, 1.807) is 19.4 Å². The van der Waals surface area contributed by atoms with E-state index in [9.17, 15) is 4.79 Å². The van der Waals surface area contributed by atoms with Crippen molar-refractivity contribution in [2.24, 2.45) is 0 Å². The van der Waals surface area contributed by atoms with Crippen LogP contribution < -0.4 is 20.1 Å². The maximum Gasteiger partial charge on any atom is 0.274 e. The Morgan fingerprint density at radius 2 is 1.66 bits per heavy atom. The van der Waals surface area contributed by atoms with E-state index >= 15 is 0 Å². The lowest BCUT2D eigenvalue weighted by Crippen LogP contribution is -2.16. The molecule has 0 aliphatic rings. The van der Waals surface area contributed by atoms with E-state index in [0.29, 0.717) is 18.8 Å². The number of carbonyl (C=O) groups is 1. The van der Waals surface area contributed by atoms with E-state index in [2.05, 4.69) is 15.6 Å². The van der Waals surface area contributed by atoms with Gasteiger partial charge in [-0.15, -0.1) is 0 Å². The summed E-state index contributed by atoms with van der Waals surface area (Å²) in [5.41, 5.74) is 4.07. The highest BCUT2D eigenvalue weighted by Crippen LogP contribution is 2.20. The van der Waals surface area contributed by atoms with Crippen LogP contribution in [-0.2, 0) is 0 Å². The molecule has 2 aromatic carbocycles. The fourth-order valence-electron chi connectivity index (χ4n) is 2.86. The number of amides is 1. The number of hydrogen-bond donors (Lipinski definition) is 2. The first kappa shape index (κ1) is 20.2. The van der Waals surface area contributed by atoms with Crippen LogP contribution in [0.1, 0.15) is 21.6 Å². The van der Waals surface area contributed by atoms with Crippen molar-refractivity contribution in [2.45, 2.75) is 13.8 Å². The second-order valence-corrected chi connectivity index (χ2v) is 6.60. The largest absolute Gasteiger partial charge is 0.497 e. The van der Waals surface area contributed by atoms with Crippen LogP contribution in [0.15, 0.2) is 60.8 Å². The summed E-state index contributed by atoms with van der Waals surface area (Å²) in [6.07, 6.45) is 1.65. The van der Waals surface area contributed by atoms with Crippen molar-refractivity contribution >= 4 is 17.3 Å². The maximum absolute atomic E-state index is 12.5. The second kappa shape index (κ2) is 9.59. The molecule has 0 fully saturated rings. The zero-order valence-electron chi connectivity index (χ0n) is 16.9. The van der Waals surface area contributed by atoms with Crippen LogP contribution in [0.2, 0.25) is 0 Å². The zero-order valence-corrected chi connectivity index (χ0v) is 16.9. The quantitative estimate of drug-likeness (QED) is 0.555. The molecule has 0 spiro atoms. The highest BCUT2D eigenvalue weighted by molar-refractivity contribution is 6.03. The molecule has 0 saturated carbocycles. The molecule has 0 bridgehead atoms. The Morgan fingerprint density at radius 3 is 2.28 bits per heavy atom. The highest BCUT2D eigenvalue weighted by Gasteiger charge is 2.10. The van der Waals surface area contributed by atoms with Crippen LogP contribution in [-0.4, -0.2) is 31.2 Å². The van der Waals surface area contributed by atoms with Crippen LogP contribution in [0.25, 0.3) is 0 Å². The van der Waals surface area contributed by atoms with Crippen LogP contribution in [0.5, 0.6) is 11.5 Å². The number of benzene rings is 2. The van der Waals surface area contributed by atoms with Gasteiger partial charge in [0.2, 0.25) is 0 Å². The number of ether oxygens (including phenoxy) is 2. The van der Waals surface area contributed by atoms with Crippen LogP contribution in [0, 0.1) is 13.8 Å². The number of carbonyl (C=O) groups excluding carboxylic acids is 1. The second-order valence-electron chi connectivity index (χ2n) is 6.60. The fraction of sp³-hybridized carbons (Fsp3) is 0.217. The minimum absolute atomic E-state index is 0.225. The number of aromatic nitrogens is 1. The first-order chi connectivity index (χ1) is 14.1. The average molecular weight is 391 g/mol. The number of pyridine rings is 1. The molecule has 6 nitrogen and oxygen atoms in total. The first-order valence-electron chi connectivity index (χ1n) is 9.41. The highest BCUT2D eigenvalue weighted by atomic mass is 16.5. The molecule has 3 aromatic rings. The number of rotatable bonds is 8. The molecule has 1 aromatic heterocycles. The molecule has 0 atom stereocenters. The van der Waals surface area contributed by atoms with Crippen molar-refractivity contribution in [3.05, 3.63) is 77.6 Å². The summed E-state index contributed by atoms with van der Waals surface area (Å²) >= 11 is 0. The van der Waals surface area contributed by atoms with Gasteiger partial charge in [0.05, 0.1) is 19.0 Å². The van der Waals surface area contributed by atoms with Crippen LogP contribution in [0.3, 0.4) is 0 Å². The van der Waals surface area contributed by atoms with E-state index in [0.717, 1.165) is 34.0 Å². The van der Waals surface area contributed by atoms with Gasteiger partial charge in [-0.3, -0.25) is 4.79 Å². The van der Waals surface area contributed by atoms with Crippen molar-refractivity contribution in [2.75, 3.05) is 30.9 Å². The number of aryl methyl sites for hydroxylation is 2. The van der Waals surface area contributed by atoms with Gasteiger partial charge in [0.25, 0.3) is 5.91 Å². The lowest BCUT2D eigenvalue weighted by atomic mass is 10.1. The lowest BCUT2D eigenvalue weighted by Gasteiger charge is -2.12. The number of nitrogens with zero attached hydrogens (tertiary/aromatic N) is 1. The maximum atomic E-state index is 12.5. The lowest BCUT2D eigenvalue weighted by molar-refractivity contribution is 0.102. The van der Waals surface area contributed by atoms with Gasteiger partial charge in [-0.25, -0.2) is 4.98 Å². The van der Waals surface area contributed by atoms with Crippen molar-refractivity contribution in [1.82, 2.24) is 4.98 Å². The topological polar surface area (TPSA) is 72.5 Å². The molecule has 3 rings (SSSR count). The Kier molecular flexibility index (Phi) is 6.68. The molecule has 1 heterocycles. The van der Waals surface area contributed by atoms with Crippen molar-refractivity contribution in [3.8, 4) is 11.5 Å². The molecular formula is C23H25N3O3. The third-order valence-corrected chi connectivity index (χ3v) is 4.48. The van der Waals surface area contributed by atoms with E-state index in [4.69, 9.17) is 9.47 Å². The predicted octanol–water partition coefficient (Wildman–Crippen LogP) is 4.45. The Morgan fingerprint density at radius 1 is 0.966 bits per heavy atom. The molecule has 29 heavy (non-hydrogen) atoms. The van der Waals surface area contributed by atoms with Crippen molar-refractivity contribution in [1.29, 1.82) is 0 Å². The van der Waals surface area contributed by atoms with E-state index in [1.165, 1.54) is 0 Å². The minimum atomic E-state index is -0.225. The Balaban J connectivity index is 1.48. The van der Waals surface area contributed by atoms with Crippen LogP contribution in [0.4, 0.5) is 11.4 Å². The molecular weight excluding hydrogens is 366 g/mol. The van der Waals surface area contributed by atoms with Gasteiger partial charge < -0.3 is 20.1 Å². The van der Waals surface area contributed by atoms with Gasteiger partial charge in [-0.2, -0.15) is 0 Å². The van der Waals surface area contributed by atoms with Gasteiger partial charge in [-0.05, 0) is 61.4 Å². The summed E-state index contributed by atoms with van der Waals surface area (Å²) in [6, 6.07) is 16.9. The smallest absolute Gasteiger partial charge is 0.274 e. The standard InChI is InChI=1S/C23H25N3O3/c1-16-5-4-6-17(2)22(16)26-23(27)21-12-7-18(15-25-21)24-13-14-29-20-10-8-19(28-3)9-11-20/h4-12,15,24H,13-14H2,1-3H3,(H,26,27). The molecule has 0 saturated heterocycles. The monoisotopic (exact) mass is 391 g/mol. The molecule has 2 N–H and O–H groups in total. The average Bonchev–Trinajstić information content (AvgIpc) is 2.74. The number of para-hydroxylation sites is 1. The summed E-state index contributed by atoms with van der Waals surface area (Å²) in [5.74, 6) is 1.35. The van der Waals surface area contributed by atoms with Crippen molar-refractivity contribution in [3.63, 3.8) is 0 Å². The Hall–Kier alpha value is -3.54. The van der Waals surface area contributed by atoms with E-state index in [-0.39, 0.29) is 5.91 Å². The van der Waals surface area contributed by atoms with Gasteiger partial charge in [0.1, 0.15) is 23.8 Å². The minimum Gasteiger partial charge on any atom is -0.497 e. The van der Waals surface area contributed by atoms with Crippen LogP contribution >= 0.6 is 0 Å². The van der Waals surface area contributed by atoms with Gasteiger partial charge >= 0.3 is 0 Å². The Bertz CT molecular complexity index is 934.